The van der Waals surface area contributed by atoms with Gasteiger partial charge in [-0.1, -0.05) is 6.92 Å². The van der Waals surface area contributed by atoms with Crippen molar-refractivity contribution < 1.29 is 4.79 Å². The number of ketones is 1. The number of H-pyrrole nitrogens is 1. The van der Waals surface area contributed by atoms with Gasteiger partial charge in [-0.05, 0) is 50.6 Å². The summed E-state index contributed by atoms with van der Waals surface area (Å²) in [5.74, 6) is 1.24. The Morgan fingerprint density at radius 3 is 2.90 bits per heavy atom. The van der Waals surface area contributed by atoms with E-state index >= 15 is 0 Å². The molecule has 3 rings (SSSR count). The van der Waals surface area contributed by atoms with Crippen LogP contribution in [0.3, 0.4) is 0 Å². The highest BCUT2D eigenvalue weighted by Gasteiger charge is 2.14. The van der Waals surface area contributed by atoms with E-state index in [9.17, 15) is 4.79 Å². The monoisotopic (exact) mass is 285 g/mol. The molecule has 0 radical (unpaired) electrons. The molecule has 2 aromatic rings. The lowest BCUT2D eigenvalue weighted by Crippen LogP contribution is -2.22. The fourth-order valence-corrected chi connectivity index (χ4v) is 3.00. The number of hydrogen-bond donors (Lipinski definition) is 1. The first-order valence-electron chi connectivity index (χ1n) is 8.00. The van der Waals surface area contributed by atoms with Crippen molar-refractivity contribution in [1.29, 1.82) is 0 Å². The van der Waals surface area contributed by atoms with E-state index in [1.54, 1.807) is 0 Å². The second-order valence-corrected chi connectivity index (χ2v) is 5.89. The number of aryl methyl sites for hydroxylation is 1. The molecule has 0 amide bonds. The van der Waals surface area contributed by atoms with E-state index in [0.717, 1.165) is 54.9 Å². The fraction of sp³-hybridized carbons (Fsp3) is 0.529. The third-order valence-electron chi connectivity index (χ3n) is 4.19. The number of nitrogens with zero attached hydrogens (tertiary/aromatic N) is 2. The van der Waals surface area contributed by atoms with Crippen molar-refractivity contribution in [2.75, 3.05) is 19.6 Å². The largest absolute Gasteiger partial charge is 0.342 e. The van der Waals surface area contributed by atoms with Crippen LogP contribution in [0.25, 0.3) is 11.0 Å². The van der Waals surface area contributed by atoms with Crippen LogP contribution < -0.4 is 0 Å². The molecule has 0 atom stereocenters. The average molecular weight is 285 g/mol. The summed E-state index contributed by atoms with van der Waals surface area (Å²) in [4.78, 5) is 22.5. The molecule has 1 aromatic carbocycles. The number of carbonyl (C=O) groups excluding carboxylic acids is 1. The van der Waals surface area contributed by atoms with Gasteiger partial charge in [0.15, 0.2) is 5.78 Å². The molecule has 4 nitrogen and oxygen atoms in total. The summed E-state index contributed by atoms with van der Waals surface area (Å²) >= 11 is 0. The van der Waals surface area contributed by atoms with Gasteiger partial charge in [-0.25, -0.2) is 4.98 Å². The highest BCUT2D eigenvalue weighted by atomic mass is 16.1. The summed E-state index contributed by atoms with van der Waals surface area (Å²) in [5.41, 5.74) is 2.73. The van der Waals surface area contributed by atoms with E-state index in [1.165, 1.54) is 12.8 Å². The number of imidazole rings is 1. The Kier molecular flexibility index (Phi) is 4.34. The van der Waals surface area contributed by atoms with Gasteiger partial charge in [0.1, 0.15) is 5.82 Å². The van der Waals surface area contributed by atoms with Crippen LogP contribution in [-0.4, -0.2) is 40.3 Å². The number of nitrogens with one attached hydrogen (secondary N) is 1. The van der Waals surface area contributed by atoms with Gasteiger partial charge in [0.2, 0.25) is 0 Å². The lowest BCUT2D eigenvalue weighted by atomic mass is 10.1. The molecule has 1 fully saturated rings. The number of aromatic nitrogens is 2. The van der Waals surface area contributed by atoms with Crippen LogP contribution in [0, 0.1) is 0 Å². The first-order chi connectivity index (χ1) is 10.3. The second kappa shape index (κ2) is 6.39. The first kappa shape index (κ1) is 14.3. The van der Waals surface area contributed by atoms with Gasteiger partial charge in [-0.3, -0.25) is 4.79 Å². The molecule has 2 heterocycles. The molecule has 0 unspecified atom stereocenters. The Hall–Kier alpha value is -1.68. The summed E-state index contributed by atoms with van der Waals surface area (Å²) in [6.07, 6.45) is 5.18. The molecule has 21 heavy (non-hydrogen) atoms. The smallest absolute Gasteiger partial charge is 0.164 e. The zero-order valence-electron chi connectivity index (χ0n) is 12.7. The van der Waals surface area contributed by atoms with Crippen LogP contribution >= 0.6 is 0 Å². The molecule has 0 spiro atoms. The number of rotatable bonds is 6. The zero-order valence-corrected chi connectivity index (χ0v) is 12.7. The Labute approximate surface area is 125 Å². The van der Waals surface area contributed by atoms with Crippen molar-refractivity contribution in [3.8, 4) is 0 Å². The maximum atomic E-state index is 12.3. The molecule has 1 aliphatic heterocycles. The molecular formula is C17H23N3O. The summed E-state index contributed by atoms with van der Waals surface area (Å²) in [6, 6.07) is 5.81. The topological polar surface area (TPSA) is 49.0 Å². The van der Waals surface area contributed by atoms with E-state index in [1.807, 2.05) is 18.2 Å². The third kappa shape index (κ3) is 3.32. The van der Waals surface area contributed by atoms with Crippen molar-refractivity contribution in [1.82, 2.24) is 14.9 Å². The van der Waals surface area contributed by atoms with E-state index in [2.05, 4.69) is 21.8 Å². The maximum Gasteiger partial charge on any atom is 0.164 e. The number of likely N-dealkylation sites (tertiary alicyclic amines) is 1. The Morgan fingerprint density at radius 2 is 2.14 bits per heavy atom. The minimum Gasteiger partial charge on any atom is -0.342 e. The van der Waals surface area contributed by atoms with E-state index in [0.29, 0.717) is 6.42 Å². The first-order valence-corrected chi connectivity index (χ1v) is 8.00. The van der Waals surface area contributed by atoms with Gasteiger partial charge in [0.25, 0.3) is 0 Å². The zero-order chi connectivity index (χ0) is 14.7. The number of aromatic amines is 1. The SMILES string of the molecule is CCCc1nc2ccc(C(=O)CCN3CCCC3)cc2[nH]1. The molecule has 112 valence electrons. The van der Waals surface area contributed by atoms with Crippen LogP contribution in [0.2, 0.25) is 0 Å². The van der Waals surface area contributed by atoms with Gasteiger partial charge in [0.05, 0.1) is 11.0 Å². The van der Waals surface area contributed by atoms with E-state index < -0.39 is 0 Å². The van der Waals surface area contributed by atoms with Crippen molar-refractivity contribution >= 4 is 16.8 Å². The summed E-state index contributed by atoms with van der Waals surface area (Å²) in [6.45, 7) is 5.32. The van der Waals surface area contributed by atoms with Crippen molar-refractivity contribution in [2.45, 2.75) is 39.0 Å². The molecule has 0 saturated carbocycles. The van der Waals surface area contributed by atoms with Gasteiger partial charge in [-0.2, -0.15) is 0 Å². The molecule has 1 aromatic heterocycles. The van der Waals surface area contributed by atoms with E-state index in [4.69, 9.17) is 0 Å². The Morgan fingerprint density at radius 1 is 1.33 bits per heavy atom. The Balaban J connectivity index is 1.68. The van der Waals surface area contributed by atoms with E-state index in [-0.39, 0.29) is 5.78 Å². The van der Waals surface area contributed by atoms with Gasteiger partial charge in [0, 0.05) is 24.9 Å². The molecular weight excluding hydrogens is 262 g/mol. The maximum absolute atomic E-state index is 12.3. The van der Waals surface area contributed by atoms with Crippen LogP contribution in [-0.2, 0) is 6.42 Å². The number of carbonyl (C=O) groups is 1. The molecule has 0 bridgehead atoms. The van der Waals surface area contributed by atoms with Crippen molar-refractivity contribution in [3.63, 3.8) is 0 Å². The van der Waals surface area contributed by atoms with Gasteiger partial charge in [-0.15, -0.1) is 0 Å². The third-order valence-corrected chi connectivity index (χ3v) is 4.19. The Bertz CT molecular complexity index is 626. The summed E-state index contributed by atoms with van der Waals surface area (Å²) in [7, 11) is 0. The van der Waals surface area contributed by atoms with Gasteiger partial charge >= 0.3 is 0 Å². The highest BCUT2D eigenvalue weighted by Crippen LogP contribution is 2.16. The lowest BCUT2D eigenvalue weighted by molar-refractivity contribution is 0.0969. The highest BCUT2D eigenvalue weighted by molar-refractivity contribution is 5.99. The summed E-state index contributed by atoms with van der Waals surface area (Å²) < 4.78 is 0. The number of hydrogen-bond acceptors (Lipinski definition) is 3. The van der Waals surface area contributed by atoms with Crippen LogP contribution in [0.1, 0.15) is 48.8 Å². The predicted octanol–water partition coefficient (Wildman–Crippen LogP) is 3.18. The standard InChI is InChI=1S/C17H23N3O/c1-2-5-17-18-14-7-6-13(12-15(14)19-17)16(21)8-11-20-9-3-4-10-20/h6-7,12H,2-5,8-11H2,1H3,(H,18,19). The molecule has 4 heteroatoms. The molecule has 1 saturated heterocycles. The molecule has 1 aliphatic rings. The number of Topliss-reactive ketones (excluding diaryl/α,β-unsaturated/α-hetero) is 1. The van der Waals surface area contributed by atoms with Gasteiger partial charge < -0.3 is 9.88 Å². The molecule has 0 aliphatic carbocycles. The fourth-order valence-electron chi connectivity index (χ4n) is 3.00. The van der Waals surface area contributed by atoms with Crippen LogP contribution in [0.5, 0.6) is 0 Å². The second-order valence-electron chi connectivity index (χ2n) is 5.89. The predicted molar refractivity (Wildman–Crippen MR) is 84.7 cm³/mol. The normalized spacial score (nSPS) is 15.9. The van der Waals surface area contributed by atoms with Crippen LogP contribution in [0.4, 0.5) is 0 Å². The lowest BCUT2D eigenvalue weighted by Gasteiger charge is -2.13. The van der Waals surface area contributed by atoms with Crippen molar-refractivity contribution in [2.24, 2.45) is 0 Å². The average Bonchev–Trinajstić information content (AvgIpc) is 3.13. The minimum absolute atomic E-state index is 0.232. The molecule has 1 N–H and O–H groups in total. The number of benzene rings is 1. The van der Waals surface area contributed by atoms with Crippen molar-refractivity contribution in [3.05, 3.63) is 29.6 Å². The number of fused-ring (bicyclic) bond motifs is 1. The van der Waals surface area contributed by atoms with Crippen LogP contribution in [0.15, 0.2) is 18.2 Å². The summed E-state index contributed by atoms with van der Waals surface area (Å²) in [5, 5.41) is 0. The minimum atomic E-state index is 0.232. The quantitative estimate of drug-likeness (QED) is 0.829.